The molecule has 0 aliphatic heterocycles. The van der Waals surface area contributed by atoms with E-state index in [1.54, 1.807) is 0 Å². The van der Waals surface area contributed by atoms with E-state index in [9.17, 15) is 0 Å². The minimum absolute atomic E-state index is 0.333. The average Bonchev–Trinajstić information content (AvgIpc) is 2.95. The molecule has 18 heavy (non-hydrogen) atoms. The number of nitrogens with zero attached hydrogens (tertiary/aromatic N) is 3. The van der Waals surface area contributed by atoms with Crippen molar-refractivity contribution in [2.75, 3.05) is 7.05 Å². The zero-order valence-electron chi connectivity index (χ0n) is 10.8. The Morgan fingerprint density at radius 3 is 3.00 bits per heavy atom. The number of nitrogens with one attached hydrogen (secondary N) is 1. The molecular weight excluding hydrogens is 296 g/mol. The third-order valence-electron chi connectivity index (χ3n) is 2.87. The molecule has 2 rings (SSSR count). The van der Waals surface area contributed by atoms with Gasteiger partial charge in [0.2, 0.25) is 0 Å². The maximum atomic E-state index is 5.32. The van der Waals surface area contributed by atoms with E-state index in [1.807, 2.05) is 19.3 Å². The first-order chi connectivity index (χ1) is 8.63. The Bertz CT molecular complexity index is 520. The molecule has 0 amide bonds. The van der Waals surface area contributed by atoms with E-state index < -0.39 is 0 Å². The molecule has 2 aromatic heterocycles. The maximum absolute atomic E-state index is 5.32. The van der Waals surface area contributed by atoms with E-state index in [4.69, 9.17) is 4.52 Å². The molecule has 0 spiro atoms. The largest absolute Gasteiger partial charge is 0.343 e. The van der Waals surface area contributed by atoms with Crippen molar-refractivity contribution in [2.24, 2.45) is 0 Å². The summed E-state index contributed by atoms with van der Waals surface area (Å²) < 4.78 is 8.41. The van der Waals surface area contributed by atoms with E-state index in [0.717, 1.165) is 29.0 Å². The molecular formula is C12H17BrN4O. The number of likely N-dealkylation sites (N-methyl/N-ethyl adjacent to an activating group) is 1. The van der Waals surface area contributed by atoms with Gasteiger partial charge in [0.15, 0.2) is 5.82 Å². The van der Waals surface area contributed by atoms with E-state index in [1.165, 1.54) is 0 Å². The predicted molar refractivity (Wildman–Crippen MR) is 73.3 cm³/mol. The van der Waals surface area contributed by atoms with Crippen LogP contribution in [0.3, 0.4) is 0 Å². The third kappa shape index (κ3) is 2.81. The van der Waals surface area contributed by atoms with Crippen LogP contribution in [-0.4, -0.2) is 27.8 Å². The fraction of sp³-hybridized carbons (Fsp3) is 0.500. The highest BCUT2D eigenvalue weighted by Gasteiger charge is 2.14. The van der Waals surface area contributed by atoms with Crippen molar-refractivity contribution in [3.8, 4) is 11.6 Å². The smallest absolute Gasteiger partial charge is 0.274 e. The van der Waals surface area contributed by atoms with Crippen molar-refractivity contribution in [2.45, 2.75) is 32.9 Å². The molecule has 0 radical (unpaired) electrons. The maximum Gasteiger partial charge on any atom is 0.274 e. The zero-order chi connectivity index (χ0) is 13.1. The van der Waals surface area contributed by atoms with Crippen molar-refractivity contribution in [1.82, 2.24) is 20.0 Å². The van der Waals surface area contributed by atoms with E-state index in [2.05, 4.69) is 49.8 Å². The summed E-state index contributed by atoms with van der Waals surface area (Å²) in [4.78, 5) is 4.43. The normalized spacial score (nSPS) is 12.9. The lowest BCUT2D eigenvalue weighted by Gasteiger charge is -2.04. The van der Waals surface area contributed by atoms with E-state index in [0.29, 0.717) is 11.9 Å². The summed E-state index contributed by atoms with van der Waals surface area (Å²) in [6.07, 6.45) is 2.77. The summed E-state index contributed by atoms with van der Waals surface area (Å²) in [5.74, 6) is 1.30. The van der Waals surface area contributed by atoms with Crippen LogP contribution in [-0.2, 0) is 13.0 Å². The van der Waals surface area contributed by atoms with Gasteiger partial charge in [-0.15, -0.1) is 0 Å². The van der Waals surface area contributed by atoms with Crippen molar-refractivity contribution >= 4 is 15.9 Å². The molecule has 2 heterocycles. The first-order valence-electron chi connectivity index (χ1n) is 6.00. The highest BCUT2D eigenvalue weighted by atomic mass is 79.9. The van der Waals surface area contributed by atoms with Crippen LogP contribution >= 0.6 is 15.9 Å². The fourth-order valence-corrected chi connectivity index (χ4v) is 2.20. The van der Waals surface area contributed by atoms with Gasteiger partial charge in [0.1, 0.15) is 5.69 Å². The van der Waals surface area contributed by atoms with Crippen LogP contribution < -0.4 is 5.32 Å². The van der Waals surface area contributed by atoms with Gasteiger partial charge < -0.3 is 14.4 Å². The zero-order valence-corrected chi connectivity index (χ0v) is 12.4. The van der Waals surface area contributed by atoms with Crippen molar-refractivity contribution < 1.29 is 4.52 Å². The number of aryl methyl sites for hydroxylation is 1. The number of halogens is 1. The van der Waals surface area contributed by atoms with Gasteiger partial charge in [0.05, 0.1) is 0 Å². The topological polar surface area (TPSA) is 55.9 Å². The molecule has 6 heteroatoms. The summed E-state index contributed by atoms with van der Waals surface area (Å²) in [5, 5.41) is 7.17. The molecule has 0 saturated carbocycles. The summed E-state index contributed by atoms with van der Waals surface area (Å²) in [6.45, 7) is 5.03. The molecule has 1 N–H and O–H groups in total. The summed E-state index contributed by atoms with van der Waals surface area (Å²) in [6, 6.07) is 2.32. The lowest BCUT2D eigenvalue weighted by atomic mass is 10.2. The Hall–Kier alpha value is -1.14. The molecule has 2 aromatic rings. The molecule has 0 aromatic carbocycles. The van der Waals surface area contributed by atoms with Crippen LogP contribution in [0.5, 0.6) is 0 Å². The predicted octanol–water partition coefficient (Wildman–Crippen LogP) is 2.47. The van der Waals surface area contributed by atoms with Crippen LogP contribution in [0.4, 0.5) is 0 Å². The molecule has 1 unspecified atom stereocenters. The standard InChI is InChI=1S/C12H17BrN4O/c1-4-17-7-9(13)6-10(17)12-15-11(16-18-12)5-8(2)14-3/h6-8,14H,4-5H2,1-3H3. The van der Waals surface area contributed by atoms with Gasteiger partial charge in [0.25, 0.3) is 5.89 Å². The van der Waals surface area contributed by atoms with Gasteiger partial charge in [-0.3, -0.25) is 0 Å². The van der Waals surface area contributed by atoms with Crippen LogP contribution in [0.1, 0.15) is 19.7 Å². The molecule has 0 aliphatic rings. The number of aromatic nitrogens is 3. The Kier molecular flexibility index (Phi) is 4.19. The quantitative estimate of drug-likeness (QED) is 0.921. The summed E-state index contributed by atoms with van der Waals surface area (Å²) in [5.41, 5.74) is 0.945. The number of rotatable bonds is 5. The molecule has 5 nitrogen and oxygen atoms in total. The van der Waals surface area contributed by atoms with E-state index >= 15 is 0 Å². The van der Waals surface area contributed by atoms with Crippen LogP contribution in [0.15, 0.2) is 21.3 Å². The Morgan fingerprint density at radius 1 is 1.56 bits per heavy atom. The lowest BCUT2D eigenvalue weighted by Crippen LogP contribution is -2.24. The average molecular weight is 313 g/mol. The molecule has 98 valence electrons. The minimum Gasteiger partial charge on any atom is -0.343 e. The molecule has 0 bridgehead atoms. The van der Waals surface area contributed by atoms with Gasteiger partial charge in [0, 0.05) is 29.7 Å². The van der Waals surface area contributed by atoms with Gasteiger partial charge in [-0.05, 0) is 42.9 Å². The van der Waals surface area contributed by atoms with Crippen LogP contribution in [0, 0.1) is 0 Å². The fourth-order valence-electron chi connectivity index (χ4n) is 1.73. The van der Waals surface area contributed by atoms with Gasteiger partial charge >= 0.3 is 0 Å². The minimum atomic E-state index is 0.333. The summed E-state index contributed by atoms with van der Waals surface area (Å²) in [7, 11) is 1.92. The second-order valence-electron chi connectivity index (χ2n) is 4.24. The van der Waals surface area contributed by atoms with Gasteiger partial charge in [-0.25, -0.2) is 0 Å². The number of hydrogen-bond acceptors (Lipinski definition) is 4. The van der Waals surface area contributed by atoms with E-state index in [-0.39, 0.29) is 0 Å². The Labute approximate surface area is 115 Å². The van der Waals surface area contributed by atoms with Crippen molar-refractivity contribution in [3.63, 3.8) is 0 Å². The van der Waals surface area contributed by atoms with Gasteiger partial charge in [-0.1, -0.05) is 5.16 Å². The van der Waals surface area contributed by atoms with Crippen LogP contribution in [0.25, 0.3) is 11.6 Å². The number of hydrogen-bond donors (Lipinski definition) is 1. The Morgan fingerprint density at radius 2 is 2.33 bits per heavy atom. The highest BCUT2D eigenvalue weighted by molar-refractivity contribution is 9.10. The first-order valence-corrected chi connectivity index (χ1v) is 6.79. The van der Waals surface area contributed by atoms with Crippen molar-refractivity contribution in [1.29, 1.82) is 0 Å². The molecule has 0 saturated heterocycles. The lowest BCUT2D eigenvalue weighted by molar-refractivity contribution is 0.415. The van der Waals surface area contributed by atoms with Gasteiger partial charge in [-0.2, -0.15) is 4.98 Å². The molecule has 1 atom stereocenters. The SMILES string of the molecule is CCn1cc(Br)cc1-c1nc(CC(C)NC)no1. The first kappa shape index (κ1) is 13.3. The second-order valence-corrected chi connectivity index (χ2v) is 5.15. The second kappa shape index (κ2) is 5.67. The molecule has 0 aliphatic carbocycles. The summed E-state index contributed by atoms with van der Waals surface area (Å²) >= 11 is 3.46. The highest BCUT2D eigenvalue weighted by Crippen LogP contribution is 2.24. The molecule has 0 fully saturated rings. The van der Waals surface area contributed by atoms with Crippen LogP contribution in [0.2, 0.25) is 0 Å². The van der Waals surface area contributed by atoms with Crippen molar-refractivity contribution in [3.05, 3.63) is 22.6 Å². The Balaban J connectivity index is 2.23. The third-order valence-corrected chi connectivity index (χ3v) is 3.31. The monoisotopic (exact) mass is 312 g/mol.